The molecule has 0 radical (unpaired) electrons. The molecule has 0 amide bonds. The fourth-order valence-corrected chi connectivity index (χ4v) is 1.66. The molecule has 1 atom stereocenters. The highest BCUT2D eigenvalue weighted by atomic mass is 19.1. The molecule has 1 heterocycles. The summed E-state index contributed by atoms with van der Waals surface area (Å²) in [5, 5.41) is 9.77. The van der Waals surface area contributed by atoms with Crippen LogP contribution in [0.1, 0.15) is 17.4 Å². The first kappa shape index (κ1) is 12.6. The van der Waals surface area contributed by atoms with E-state index in [1.54, 1.807) is 0 Å². The van der Waals surface area contributed by atoms with Crippen LogP contribution < -0.4 is 0 Å². The van der Waals surface area contributed by atoms with Crippen molar-refractivity contribution in [1.82, 2.24) is 4.98 Å². The smallest absolute Gasteiger partial charge is 0.147 e. The Labute approximate surface area is 102 Å². The van der Waals surface area contributed by atoms with Gasteiger partial charge in [-0.3, -0.25) is 4.98 Å². The summed E-state index contributed by atoms with van der Waals surface area (Å²) >= 11 is 0. The Bertz CT molecular complexity index is 539. The predicted octanol–water partition coefficient (Wildman–Crippen LogP) is 2.78. The fraction of sp³-hybridized carbons (Fsp3) is 0.154. The van der Waals surface area contributed by atoms with Gasteiger partial charge < -0.3 is 5.11 Å². The van der Waals surface area contributed by atoms with Crippen molar-refractivity contribution in [3.05, 3.63) is 65.2 Å². The molecular weight excluding hydrogens is 243 g/mol. The lowest BCUT2D eigenvalue weighted by Gasteiger charge is -2.12. The summed E-state index contributed by atoms with van der Waals surface area (Å²) in [6.45, 7) is 0. The third-order valence-electron chi connectivity index (χ3n) is 2.56. The van der Waals surface area contributed by atoms with E-state index < -0.39 is 23.6 Å². The van der Waals surface area contributed by atoms with E-state index in [0.29, 0.717) is 0 Å². The van der Waals surface area contributed by atoms with Crippen molar-refractivity contribution >= 4 is 0 Å². The molecule has 2 rings (SSSR count). The first-order valence-electron chi connectivity index (χ1n) is 5.31. The van der Waals surface area contributed by atoms with Crippen molar-refractivity contribution in [2.24, 2.45) is 0 Å². The minimum atomic E-state index is -1.39. The summed E-state index contributed by atoms with van der Waals surface area (Å²) in [7, 11) is 0. The number of aromatic nitrogens is 1. The van der Waals surface area contributed by atoms with Gasteiger partial charge in [-0.2, -0.15) is 0 Å². The van der Waals surface area contributed by atoms with Gasteiger partial charge >= 0.3 is 0 Å². The minimum Gasteiger partial charge on any atom is -0.386 e. The number of hydrogen-bond donors (Lipinski definition) is 1. The summed E-state index contributed by atoms with van der Waals surface area (Å²) in [5.74, 6) is -2.25. The van der Waals surface area contributed by atoms with Crippen LogP contribution in [0, 0.1) is 17.5 Å². The summed E-state index contributed by atoms with van der Waals surface area (Å²) in [6, 6.07) is 5.89. The summed E-state index contributed by atoms with van der Waals surface area (Å²) in [6.07, 6.45) is -0.455. The van der Waals surface area contributed by atoms with E-state index in [4.69, 9.17) is 0 Å². The predicted molar refractivity (Wildman–Crippen MR) is 59.2 cm³/mol. The number of benzene rings is 1. The molecule has 0 spiro atoms. The third-order valence-corrected chi connectivity index (χ3v) is 2.56. The van der Waals surface area contributed by atoms with Gasteiger partial charge in [0.2, 0.25) is 0 Å². The van der Waals surface area contributed by atoms with Crippen molar-refractivity contribution in [2.75, 3.05) is 0 Å². The Kier molecular flexibility index (Phi) is 3.62. The average Bonchev–Trinajstić information content (AvgIpc) is 2.34. The molecule has 1 unspecified atom stereocenters. The van der Waals surface area contributed by atoms with Gasteiger partial charge in [0, 0.05) is 18.2 Å². The van der Waals surface area contributed by atoms with Gasteiger partial charge in [0.1, 0.15) is 29.2 Å². The molecule has 1 aromatic carbocycles. The molecule has 18 heavy (non-hydrogen) atoms. The Morgan fingerprint density at radius 3 is 2.22 bits per heavy atom. The van der Waals surface area contributed by atoms with Gasteiger partial charge in [-0.1, -0.05) is 6.07 Å². The monoisotopic (exact) mass is 253 g/mol. The molecule has 0 saturated carbocycles. The lowest BCUT2D eigenvalue weighted by molar-refractivity contribution is 0.165. The zero-order chi connectivity index (χ0) is 13.1. The van der Waals surface area contributed by atoms with E-state index >= 15 is 0 Å². The SMILES string of the molecule is OC(Cc1c(F)cccc1F)c1ncccc1F. The van der Waals surface area contributed by atoms with Crippen LogP contribution >= 0.6 is 0 Å². The van der Waals surface area contributed by atoms with Gasteiger partial charge in [-0.25, -0.2) is 13.2 Å². The molecule has 2 aromatic rings. The Morgan fingerprint density at radius 2 is 1.61 bits per heavy atom. The van der Waals surface area contributed by atoms with E-state index in [0.717, 1.165) is 18.2 Å². The molecule has 0 aliphatic carbocycles. The van der Waals surface area contributed by atoms with E-state index in [2.05, 4.69) is 4.98 Å². The molecule has 0 fully saturated rings. The zero-order valence-electron chi connectivity index (χ0n) is 9.28. The van der Waals surface area contributed by atoms with Gasteiger partial charge in [0.25, 0.3) is 0 Å². The average molecular weight is 253 g/mol. The number of nitrogens with zero attached hydrogens (tertiary/aromatic N) is 1. The second-order valence-corrected chi connectivity index (χ2v) is 3.79. The van der Waals surface area contributed by atoms with Crippen molar-refractivity contribution in [2.45, 2.75) is 12.5 Å². The van der Waals surface area contributed by atoms with E-state index in [1.165, 1.54) is 18.3 Å². The van der Waals surface area contributed by atoms with Crippen LogP contribution in [0.15, 0.2) is 36.5 Å². The van der Waals surface area contributed by atoms with Crippen LogP contribution in [0.25, 0.3) is 0 Å². The molecule has 1 aromatic heterocycles. The fourth-order valence-electron chi connectivity index (χ4n) is 1.66. The van der Waals surface area contributed by atoms with Crippen LogP contribution in [0.3, 0.4) is 0 Å². The molecule has 2 nitrogen and oxygen atoms in total. The maximum absolute atomic E-state index is 13.4. The van der Waals surface area contributed by atoms with Crippen LogP contribution in [-0.4, -0.2) is 10.1 Å². The third kappa shape index (κ3) is 2.51. The molecule has 0 saturated heterocycles. The lowest BCUT2D eigenvalue weighted by Crippen LogP contribution is -2.09. The number of rotatable bonds is 3. The van der Waals surface area contributed by atoms with Crippen molar-refractivity contribution in [3.8, 4) is 0 Å². The standard InChI is InChI=1S/C13H10F3NO/c14-9-3-1-4-10(15)8(9)7-12(18)13-11(16)5-2-6-17-13/h1-6,12,18H,7H2. The van der Waals surface area contributed by atoms with Crippen molar-refractivity contribution in [3.63, 3.8) is 0 Å². The Morgan fingerprint density at radius 1 is 1.00 bits per heavy atom. The van der Waals surface area contributed by atoms with Crippen LogP contribution in [0.5, 0.6) is 0 Å². The number of aliphatic hydroxyl groups is 1. The molecule has 5 heteroatoms. The lowest BCUT2D eigenvalue weighted by atomic mass is 10.0. The topological polar surface area (TPSA) is 33.1 Å². The highest BCUT2D eigenvalue weighted by molar-refractivity contribution is 5.22. The molecule has 0 aliphatic heterocycles. The minimum absolute atomic E-state index is 0.222. The number of hydrogen-bond acceptors (Lipinski definition) is 2. The highest BCUT2D eigenvalue weighted by Gasteiger charge is 2.18. The van der Waals surface area contributed by atoms with Crippen molar-refractivity contribution in [1.29, 1.82) is 0 Å². The largest absolute Gasteiger partial charge is 0.386 e. The van der Waals surface area contributed by atoms with Crippen LogP contribution in [0.4, 0.5) is 13.2 Å². The van der Waals surface area contributed by atoms with Gasteiger partial charge in [0.15, 0.2) is 0 Å². The second-order valence-electron chi connectivity index (χ2n) is 3.79. The van der Waals surface area contributed by atoms with E-state index in [1.807, 2.05) is 0 Å². The molecule has 1 N–H and O–H groups in total. The van der Waals surface area contributed by atoms with Crippen LogP contribution in [-0.2, 0) is 6.42 Å². The zero-order valence-corrected chi connectivity index (χ0v) is 9.28. The summed E-state index contributed by atoms with van der Waals surface area (Å²) in [4.78, 5) is 3.66. The van der Waals surface area contributed by atoms with Gasteiger partial charge in [-0.15, -0.1) is 0 Å². The normalized spacial score (nSPS) is 12.4. The first-order chi connectivity index (χ1) is 8.59. The molecule has 0 aliphatic rings. The number of halogens is 3. The molecular formula is C13H10F3NO. The maximum Gasteiger partial charge on any atom is 0.147 e. The van der Waals surface area contributed by atoms with E-state index in [9.17, 15) is 18.3 Å². The van der Waals surface area contributed by atoms with E-state index in [-0.39, 0.29) is 17.7 Å². The maximum atomic E-state index is 13.4. The van der Waals surface area contributed by atoms with Crippen molar-refractivity contribution < 1.29 is 18.3 Å². The highest BCUT2D eigenvalue weighted by Crippen LogP contribution is 2.22. The molecule has 94 valence electrons. The first-order valence-corrected chi connectivity index (χ1v) is 5.31. The van der Waals surface area contributed by atoms with Crippen LogP contribution in [0.2, 0.25) is 0 Å². The quantitative estimate of drug-likeness (QED) is 0.912. The number of aliphatic hydroxyl groups excluding tert-OH is 1. The Balaban J connectivity index is 2.27. The summed E-state index contributed by atoms with van der Waals surface area (Å²) < 4.78 is 40.1. The van der Waals surface area contributed by atoms with Gasteiger partial charge in [0.05, 0.1) is 0 Å². The second kappa shape index (κ2) is 5.18. The van der Waals surface area contributed by atoms with Gasteiger partial charge in [-0.05, 0) is 24.3 Å². The Hall–Kier alpha value is -1.88. The molecule has 0 bridgehead atoms. The summed E-state index contributed by atoms with van der Waals surface area (Å²) in [5.41, 5.74) is -0.504. The number of pyridine rings is 1.